The van der Waals surface area contributed by atoms with Crippen LogP contribution in [0.4, 0.5) is 5.69 Å². The minimum absolute atomic E-state index is 0.270. The Bertz CT molecular complexity index is 626. The molecule has 0 unspecified atom stereocenters. The Balaban J connectivity index is 1.71. The Morgan fingerprint density at radius 2 is 2.05 bits per heavy atom. The van der Waals surface area contributed by atoms with Crippen LogP contribution in [0.3, 0.4) is 0 Å². The largest absolute Gasteiger partial charge is 0.385 e. The average Bonchev–Trinajstić information content (AvgIpc) is 2.45. The van der Waals surface area contributed by atoms with E-state index in [0.717, 1.165) is 25.2 Å². The van der Waals surface area contributed by atoms with Crippen molar-refractivity contribution < 1.29 is 8.42 Å². The van der Waals surface area contributed by atoms with Crippen molar-refractivity contribution in [2.24, 2.45) is 0 Å². The van der Waals surface area contributed by atoms with Gasteiger partial charge in [-0.25, -0.2) is 8.42 Å². The van der Waals surface area contributed by atoms with Crippen LogP contribution < -0.4 is 5.32 Å². The number of nitrogens with one attached hydrogen (secondary N) is 1. The van der Waals surface area contributed by atoms with Gasteiger partial charge in [0.05, 0.1) is 22.1 Å². The number of sulfone groups is 1. The fourth-order valence-corrected chi connectivity index (χ4v) is 3.72. The van der Waals surface area contributed by atoms with Crippen LogP contribution in [0, 0.1) is 11.3 Å². The first-order valence-electron chi connectivity index (χ1n) is 6.86. The highest BCUT2D eigenvalue weighted by atomic mass is 35.5. The maximum Gasteiger partial charge on any atom is 0.152 e. The summed E-state index contributed by atoms with van der Waals surface area (Å²) in [6.45, 7) is 2.92. The molecule has 0 atom stereocenters. The van der Waals surface area contributed by atoms with Crippen LogP contribution in [0.1, 0.15) is 12.0 Å². The molecule has 0 saturated carbocycles. The van der Waals surface area contributed by atoms with Crippen LogP contribution >= 0.6 is 11.6 Å². The maximum absolute atomic E-state index is 11.3. The summed E-state index contributed by atoms with van der Waals surface area (Å²) < 4.78 is 22.6. The zero-order valence-corrected chi connectivity index (χ0v) is 13.3. The van der Waals surface area contributed by atoms with E-state index < -0.39 is 9.84 Å². The molecular formula is C14H18ClN3O2S. The molecule has 1 aromatic carbocycles. The third-order valence-corrected chi connectivity index (χ3v) is 5.43. The molecule has 1 saturated heterocycles. The van der Waals surface area contributed by atoms with Crippen LogP contribution in [-0.2, 0) is 9.84 Å². The van der Waals surface area contributed by atoms with E-state index in [1.54, 1.807) is 12.1 Å². The number of anilines is 1. The molecule has 0 aromatic heterocycles. The number of nitrogens with zero attached hydrogens (tertiary/aromatic N) is 2. The average molecular weight is 328 g/mol. The molecule has 1 fully saturated rings. The first kappa shape index (κ1) is 16.1. The minimum Gasteiger partial charge on any atom is -0.385 e. The summed E-state index contributed by atoms with van der Waals surface area (Å²) in [5.74, 6) is 0.539. The van der Waals surface area contributed by atoms with Crippen molar-refractivity contribution in [3.63, 3.8) is 0 Å². The lowest BCUT2D eigenvalue weighted by Gasteiger charge is -2.26. The van der Waals surface area contributed by atoms with Crippen molar-refractivity contribution in [2.45, 2.75) is 6.42 Å². The van der Waals surface area contributed by atoms with Gasteiger partial charge in [-0.1, -0.05) is 11.6 Å². The second-order valence-electron chi connectivity index (χ2n) is 5.08. The lowest BCUT2D eigenvalue weighted by atomic mass is 10.2. The molecule has 1 N–H and O–H groups in total. The first-order valence-corrected chi connectivity index (χ1v) is 9.06. The predicted molar refractivity (Wildman–Crippen MR) is 84.4 cm³/mol. The minimum atomic E-state index is -2.80. The molecule has 7 heteroatoms. The lowest BCUT2D eigenvalue weighted by molar-refractivity contribution is 0.295. The van der Waals surface area contributed by atoms with Gasteiger partial charge in [0.15, 0.2) is 9.84 Å². The van der Waals surface area contributed by atoms with Crippen LogP contribution in [0.15, 0.2) is 18.2 Å². The van der Waals surface area contributed by atoms with Gasteiger partial charge in [-0.2, -0.15) is 5.26 Å². The van der Waals surface area contributed by atoms with Gasteiger partial charge in [-0.05, 0) is 31.2 Å². The Labute approximate surface area is 130 Å². The first-order chi connectivity index (χ1) is 10.00. The normalized spacial score (nSPS) is 18.1. The second-order valence-corrected chi connectivity index (χ2v) is 7.79. The van der Waals surface area contributed by atoms with Gasteiger partial charge < -0.3 is 10.2 Å². The van der Waals surface area contributed by atoms with Gasteiger partial charge in [-0.15, -0.1) is 0 Å². The van der Waals surface area contributed by atoms with Crippen molar-refractivity contribution in [3.05, 3.63) is 28.8 Å². The third kappa shape index (κ3) is 4.88. The van der Waals surface area contributed by atoms with Gasteiger partial charge in [0.1, 0.15) is 6.07 Å². The summed E-state index contributed by atoms with van der Waals surface area (Å²) in [4.78, 5) is 2.18. The maximum atomic E-state index is 11.3. The monoisotopic (exact) mass is 327 g/mol. The molecule has 0 radical (unpaired) electrons. The smallest absolute Gasteiger partial charge is 0.152 e. The molecule has 2 rings (SSSR count). The molecule has 0 spiro atoms. The SMILES string of the molecule is N#Cc1ccc(NCCCN2CCS(=O)(=O)CC2)cc1Cl. The number of rotatable bonds is 5. The van der Waals surface area contributed by atoms with E-state index in [2.05, 4.69) is 10.2 Å². The van der Waals surface area contributed by atoms with E-state index in [-0.39, 0.29) is 11.5 Å². The molecule has 0 amide bonds. The third-order valence-electron chi connectivity index (χ3n) is 3.51. The summed E-state index contributed by atoms with van der Waals surface area (Å²) in [5.41, 5.74) is 1.36. The fourth-order valence-electron chi connectivity index (χ4n) is 2.22. The summed E-state index contributed by atoms with van der Waals surface area (Å²) in [6, 6.07) is 7.29. The summed E-state index contributed by atoms with van der Waals surface area (Å²) in [6.07, 6.45) is 0.928. The highest BCUT2D eigenvalue weighted by Crippen LogP contribution is 2.20. The van der Waals surface area contributed by atoms with Crippen molar-refractivity contribution in [1.29, 1.82) is 5.26 Å². The Morgan fingerprint density at radius 1 is 1.33 bits per heavy atom. The number of benzene rings is 1. The number of hydrogen-bond donors (Lipinski definition) is 1. The lowest BCUT2D eigenvalue weighted by Crippen LogP contribution is -2.41. The van der Waals surface area contributed by atoms with Crippen LogP contribution in [-0.4, -0.2) is 51.0 Å². The molecule has 5 nitrogen and oxygen atoms in total. The summed E-state index contributed by atoms with van der Waals surface area (Å²) in [7, 11) is -2.80. The highest BCUT2D eigenvalue weighted by Gasteiger charge is 2.20. The van der Waals surface area contributed by atoms with Crippen molar-refractivity contribution in [1.82, 2.24) is 4.90 Å². The molecule has 21 heavy (non-hydrogen) atoms. The van der Waals surface area contributed by atoms with E-state index >= 15 is 0 Å². The molecule has 1 aromatic rings. The van der Waals surface area contributed by atoms with Gasteiger partial charge in [0, 0.05) is 25.3 Å². The molecular weight excluding hydrogens is 310 g/mol. The van der Waals surface area contributed by atoms with Crippen LogP contribution in [0.2, 0.25) is 5.02 Å². The standard InChI is InChI=1S/C14H18ClN3O2S/c15-14-10-13(3-2-12(14)11-16)17-4-1-5-18-6-8-21(19,20)9-7-18/h2-3,10,17H,1,4-9H2. The van der Waals surface area contributed by atoms with E-state index in [0.29, 0.717) is 23.7 Å². The second kappa shape index (κ2) is 7.12. The van der Waals surface area contributed by atoms with Gasteiger partial charge in [-0.3, -0.25) is 0 Å². The molecule has 1 heterocycles. The summed E-state index contributed by atoms with van der Waals surface area (Å²) in [5, 5.41) is 12.5. The van der Waals surface area contributed by atoms with Gasteiger partial charge >= 0.3 is 0 Å². The van der Waals surface area contributed by atoms with Crippen molar-refractivity contribution in [3.8, 4) is 6.07 Å². The predicted octanol–water partition coefficient (Wildman–Crippen LogP) is 1.74. The summed E-state index contributed by atoms with van der Waals surface area (Å²) >= 11 is 5.96. The van der Waals surface area contributed by atoms with Crippen LogP contribution in [0.5, 0.6) is 0 Å². The number of halogens is 1. The Morgan fingerprint density at radius 3 is 2.67 bits per heavy atom. The number of nitriles is 1. The van der Waals surface area contributed by atoms with Crippen LogP contribution in [0.25, 0.3) is 0 Å². The topological polar surface area (TPSA) is 73.2 Å². The van der Waals surface area contributed by atoms with Gasteiger partial charge in [0.2, 0.25) is 0 Å². The van der Waals surface area contributed by atoms with Crippen molar-refractivity contribution in [2.75, 3.05) is 43.0 Å². The Kier molecular flexibility index (Phi) is 5.45. The van der Waals surface area contributed by atoms with Crippen molar-refractivity contribution >= 4 is 27.1 Å². The zero-order valence-electron chi connectivity index (χ0n) is 11.7. The van der Waals surface area contributed by atoms with Gasteiger partial charge in [0.25, 0.3) is 0 Å². The molecule has 114 valence electrons. The zero-order chi connectivity index (χ0) is 15.3. The highest BCUT2D eigenvalue weighted by molar-refractivity contribution is 7.91. The molecule has 1 aliphatic rings. The fraction of sp³-hybridized carbons (Fsp3) is 0.500. The van der Waals surface area contributed by atoms with E-state index in [9.17, 15) is 8.42 Å². The number of hydrogen-bond acceptors (Lipinski definition) is 5. The molecule has 1 aliphatic heterocycles. The molecule has 0 bridgehead atoms. The van der Waals surface area contributed by atoms with E-state index in [1.165, 1.54) is 0 Å². The quantitative estimate of drug-likeness (QED) is 0.834. The van der Waals surface area contributed by atoms with E-state index in [4.69, 9.17) is 16.9 Å². The Hall–Kier alpha value is -1.29. The van der Waals surface area contributed by atoms with E-state index in [1.807, 2.05) is 12.1 Å². The molecule has 0 aliphatic carbocycles.